The van der Waals surface area contributed by atoms with Crippen molar-refractivity contribution >= 4 is 38.9 Å². The van der Waals surface area contributed by atoms with Gasteiger partial charge in [-0.15, -0.1) is 0 Å². The number of furan rings is 1. The van der Waals surface area contributed by atoms with E-state index >= 15 is 0 Å². The van der Waals surface area contributed by atoms with E-state index in [2.05, 4.69) is 56.3 Å². The minimum atomic E-state index is -0.210. The maximum absolute atomic E-state index is 6.46. The Balaban J connectivity index is 1.57. The molecule has 7 heteroatoms. The minimum Gasteiger partial charge on any atom is -0.494 e. The molecule has 0 amide bonds. The molecule has 1 aliphatic heterocycles. The normalized spacial score (nSPS) is 17.6. The molecule has 34 heavy (non-hydrogen) atoms. The molecular formula is C27H24BrN3O2S. The molecular weight excluding hydrogens is 510 g/mol. The van der Waals surface area contributed by atoms with Crippen molar-refractivity contribution in [2.24, 2.45) is 0 Å². The van der Waals surface area contributed by atoms with Crippen LogP contribution < -0.4 is 15.0 Å². The molecule has 3 heterocycles. The molecule has 4 aromatic rings. The fraction of sp³-hybridized carbons (Fsp3) is 0.185. The number of aromatic nitrogens is 1. The zero-order valence-corrected chi connectivity index (χ0v) is 21.3. The van der Waals surface area contributed by atoms with Crippen LogP contribution in [0.5, 0.6) is 5.75 Å². The number of ether oxygens (including phenoxy) is 1. The Morgan fingerprint density at radius 1 is 1.09 bits per heavy atom. The number of benzene rings is 2. The van der Waals surface area contributed by atoms with Crippen molar-refractivity contribution in [3.05, 3.63) is 100 Å². The lowest BCUT2D eigenvalue weighted by atomic mass is 10.0. The molecule has 0 spiro atoms. The summed E-state index contributed by atoms with van der Waals surface area (Å²) >= 11 is 9.48. The van der Waals surface area contributed by atoms with E-state index in [9.17, 15) is 0 Å². The van der Waals surface area contributed by atoms with E-state index in [0.29, 0.717) is 11.7 Å². The predicted octanol–water partition coefficient (Wildman–Crippen LogP) is 6.99. The van der Waals surface area contributed by atoms with Crippen LogP contribution in [-0.2, 0) is 0 Å². The molecule has 0 saturated carbocycles. The molecule has 0 bridgehead atoms. The van der Waals surface area contributed by atoms with E-state index in [0.717, 1.165) is 38.7 Å². The van der Waals surface area contributed by atoms with Crippen LogP contribution in [0.2, 0.25) is 0 Å². The number of nitrogens with one attached hydrogen (secondary N) is 1. The number of aryl methyl sites for hydroxylation is 1. The first-order valence-corrected chi connectivity index (χ1v) is 12.3. The highest BCUT2D eigenvalue weighted by atomic mass is 79.9. The second kappa shape index (κ2) is 9.60. The zero-order chi connectivity index (χ0) is 23.7. The second-order valence-corrected chi connectivity index (χ2v) is 9.35. The van der Waals surface area contributed by atoms with Crippen LogP contribution in [0, 0.1) is 6.92 Å². The van der Waals surface area contributed by atoms with Gasteiger partial charge in [0, 0.05) is 21.9 Å². The van der Waals surface area contributed by atoms with Gasteiger partial charge in [0.1, 0.15) is 23.3 Å². The molecule has 1 N–H and O–H groups in total. The molecule has 172 valence electrons. The monoisotopic (exact) mass is 533 g/mol. The van der Waals surface area contributed by atoms with Crippen LogP contribution in [0.25, 0.3) is 11.3 Å². The van der Waals surface area contributed by atoms with E-state index in [1.807, 2.05) is 61.5 Å². The molecule has 2 atom stereocenters. The van der Waals surface area contributed by atoms with Crippen molar-refractivity contribution in [2.45, 2.75) is 25.9 Å². The fourth-order valence-corrected chi connectivity index (χ4v) is 5.30. The first-order chi connectivity index (χ1) is 16.5. The number of halogens is 1. The van der Waals surface area contributed by atoms with Gasteiger partial charge in [0.25, 0.3) is 0 Å². The molecule has 1 fully saturated rings. The summed E-state index contributed by atoms with van der Waals surface area (Å²) in [4.78, 5) is 6.70. The third-order valence-corrected chi connectivity index (χ3v) is 6.80. The van der Waals surface area contributed by atoms with E-state index in [1.54, 1.807) is 6.20 Å². The topological polar surface area (TPSA) is 50.5 Å². The van der Waals surface area contributed by atoms with E-state index in [4.69, 9.17) is 21.4 Å². The molecule has 0 aliphatic carbocycles. The van der Waals surface area contributed by atoms with Gasteiger partial charge in [-0.25, -0.2) is 0 Å². The number of hydrogen-bond acceptors (Lipinski definition) is 4. The molecule has 2 unspecified atom stereocenters. The average Bonchev–Trinajstić information content (AvgIpc) is 3.45. The molecule has 5 nitrogen and oxygen atoms in total. The Labute approximate surface area is 212 Å². The minimum absolute atomic E-state index is 0.166. The third kappa shape index (κ3) is 4.33. The van der Waals surface area contributed by atoms with E-state index in [1.165, 1.54) is 5.56 Å². The van der Waals surface area contributed by atoms with Crippen LogP contribution in [0.15, 0.2) is 87.9 Å². The van der Waals surface area contributed by atoms with E-state index < -0.39 is 0 Å². The van der Waals surface area contributed by atoms with Crippen molar-refractivity contribution < 1.29 is 9.15 Å². The summed E-state index contributed by atoms with van der Waals surface area (Å²) in [6, 6.07) is 23.8. The van der Waals surface area contributed by atoms with Gasteiger partial charge < -0.3 is 19.4 Å². The maximum Gasteiger partial charge on any atom is 0.174 e. The average molecular weight is 534 g/mol. The van der Waals surface area contributed by atoms with Gasteiger partial charge in [0.05, 0.1) is 18.3 Å². The lowest BCUT2D eigenvalue weighted by Crippen LogP contribution is -2.29. The maximum atomic E-state index is 6.46. The van der Waals surface area contributed by atoms with E-state index in [-0.39, 0.29) is 12.1 Å². The summed E-state index contributed by atoms with van der Waals surface area (Å²) in [7, 11) is 0. The largest absolute Gasteiger partial charge is 0.494 e. The van der Waals surface area contributed by atoms with Crippen LogP contribution in [0.3, 0.4) is 0 Å². The summed E-state index contributed by atoms with van der Waals surface area (Å²) in [6.45, 7) is 4.67. The summed E-state index contributed by atoms with van der Waals surface area (Å²) in [5, 5.41) is 4.09. The second-order valence-electron chi connectivity index (χ2n) is 8.11. The number of hydrogen-bond donors (Lipinski definition) is 1. The Hall–Kier alpha value is -3.16. The third-order valence-electron chi connectivity index (χ3n) is 5.83. The van der Waals surface area contributed by atoms with Crippen LogP contribution in [0.1, 0.15) is 36.0 Å². The highest BCUT2D eigenvalue weighted by Crippen LogP contribution is 2.43. The zero-order valence-electron chi connectivity index (χ0n) is 18.9. The fourth-order valence-electron chi connectivity index (χ4n) is 4.27. The van der Waals surface area contributed by atoms with Gasteiger partial charge in [0.15, 0.2) is 5.11 Å². The Morgan fingerprint density at radius 3 is 2.62 bits per heavy atom. The van der Waals surface area contributed by atoms with Crippen molar-refractivity contribution in [1.29, 1.82) is 0 Å². The van der Waals surface area contributed by atoms with Gasteiger partial charge in [-0.1, -0.05) is 28.1 Å². The van der Waals surface area contributed by atoms with Gasteiger partial charge in [-0.3, -0.25) is 4.98 Å². The molecule has 5 rings (SSSR count). The van der Waals surface area contributed by atoms with Crippen molar-refractivity contribution in [2.75, 3.05) is 11.5 Å². The number of anilines is 1. The van der Waals surface area contributed by atoms with Gasteiger partial charge in [-0.2, -0.15) is 0 Å². The van der Waals surface area contributed by atoms with Crippen molar-refractivity contribution in [1.82, 2.24) is 10.3 Å². The van der Waals surface area contributed by atoms with Crippen LogP contribution in [-0.4, -0.2) is 16.7 Å². The molecule has 0 radical (unpaired) electrons. The summed E-state index contributed by atoms with van der Waals surface area (Å²) in [6.07, 6.45) is 1.80. The highest BCUT2D eigenvalue weighted by Gasteiger charge is 2.42. The van der Waals surface area contributed by atoms with Gasteiger partial charge >= 0.3 is 0 Å². The number of thiocarbonyl (C=S) groups is 1. The van der Waals surface area contributed by atoms with Gasteiger partial charge in [-0.05, 0) is 92.3 Å². The van der Waals surface area contributed by atoms with Crippen LogP contribution >= 0.6 is 28.1 Å². The van der Waals surface area contributed by atoms with Gasteiger partial charge in [0.2, 0.25) is 0 Å². The summed E-state index contributed by atoms with van der Waals surface area (Å²) < 4.78 is 13.1. The van der Waals surface area contributed by atoms with Crippen molar-refractivity contribution in [3.8, 4) is 17.1 Å². The quantitative estimate of drug-likeness (QED) is 0.269. The lowest BCUT2D eigenvalue weighted by Gasteiger charge is -2.26. The van der Waals surface area contributed by atoms with Crippen LogP contribution in [0.4, 0.5) is 5.69 Å². The number of pyridine rings is 1. The summed E-state index contributed by atoms with van der Waals surface area (Å²) in [5.74, 6) is 2.43. The lowest BCUT2D eigenvalue weighted by molar-refractivity contribution is 0.340. The Morgan fingerprint density at radius 2 is 1.91 bits per heavy atom. The molecule has 2 aromatic heterocycles. The predicted molar refractivity (Wildman–Crippen MR) is 142 cm³/mol. The smallest absolute Gasteiger partial charge is 0.174 e. The standard InChI is InChI=1S/C27H24BrN3O2S/c1-3-32-19-10-8-18(9-11-19)31-26(25(30-27(31)34)22-6-4-5-15-29-22)24-14-13-23(33-24)20-12-7-17(2)16-21(20)28/h4-16,25-26H,3H2,1-2H3,(H,30,34). The summed E-state index contributed by atoms with van der Waals surface area (Å²) in [5.41, 5.74) is 4.05. The number of nitrogens with zero attached hydrogens (tertiary/aromatic N) is 2. The highest BCUT2D eigenvalue weighted by molar-refractivity contribution is 9.10. The number of rotatable bonds is 6. The molecule has 1 saturated heterocycles. The SMILES string of the molecule is CCOc1ccc(N2C(=S)NC(c3ccccn3)C2c2ccc(-c3ccc(C)cc3Br)o2)cc1. The molecule has 1 aliphatic rings. The Bertz CT molecular complexity index is 1310. The first-order valence-electron chi connectivity index (χ1n) is 11.1. The van der Waals surface area contributed by atoms with Crippen molar-refractivity contribution in [3.63, 3.8) is 0 Å². The molecule has 2 aromatic carbocycles. The first kappa shape index (κ1) is 22.6. The Kier molecular flexibility index (Phi) is 6.39.